The molecule has 1 unspecified atom stereocenters. The predicted molar refractivity (Wildman–Crippen MR) is 90.3 cm³/mol. The average Bonchev–Trinajstić information content (AvgIpc) is 3.10. The largest absolute Gasteiger partial charge is 0.368 e. The van der Waals surface area contributed by atoms with Gasteiger partial charge in [-0.25, -0.2) is 0 Å². The molecule has 1 saturated heterocycles. The minimum absolute atomic E-state index is 0.0367. The lowest BCUT2D eigenvalue weighted by molar-refractivity contribution is -0.127. The Morgan fingerprint density at radius 1 is 1.30 bits per heavy atom. The smallest absolute Gasteiger partial charge is 0.256 e. The Morgan fingerprint density at radius 3 is 2.83 bits per heavy atom. The number of hydrogen-bond donors (Lipinski definition) is 0. The van der Waals surface area contributed by atoms with Crippen LogP contribution in [0.25, 0.3) is 0 Å². The van der Waals surface area contributed by atoms with Gasteiger partial charge in [0.1, 0.15) is 6.10 Å². The lowest BCUT2D eigenvalue weighted by Crippen LogP contribution is -2.38. The number of hydrogen-bond acceptors (Lipinski definition) is 3. The van der Waals surface area contributed by atoms with E-state index in [2.05, 4.69) is 31.0 Å². The van der Waals surface area contributed by atoms with Crippen LogP contribution in [0, 0.1) is 13.8 Å². The van der Waals surface area contributed by atoms with E-state index in [9.17, 15) is 4.79 Å². The summed E-state index contributed by atoms with van der Waals surface area (Å²) in [5, 5.41) is 0. The molecule has 23 heavy (non-hydrogen) atoms. The number of aromatic nitrogens is 1. The van der Waals surface area contributed by atoms with Gasteiger partial charge in [-0.2, -0.15) is 0 Å². The molecular weight excluding hydrogens is 288 g/mol. The highest BCUT2D eigenvalue weighted by molar-refractivity contribution is 5.96. The van der Waals surface area contributed by atoms with E-state index >= 15 is 0 Å². The lowest BCUT2D eigenvalue weighted by Gasteiger charge is -2.26. The Hall–Kier alpha value is -2.20. The molecule has 1 aliphatic rings. The number of carbonyl (C=O) groups excluding carboxylic acids is 1. The first-order chi connectivity index (χ1) is 11.1. The molecule has 0 saturated carbocycles. The second-order valence-electron chi connectivity index (χ2n) is 6.06. The summed E-state index contributed by atoms with van der Waals surface area (Å²) in [6.07, 6.45) is 4.97. The van der Waals surface area contributed by atoms with Gasteiger partial charge in [0.2, 0.25) is 0 Å². The summed E-state index contributed by atoms with van der Waals surface area (Å²) in [4.78, 5) is 18.9. The van der Waals surface area contributed by atoms with Gasteiger partial charge in [0, 0.05) is 24.7 Å². The Labute approximate surface area is 137 Å². The summed E-state index contributed by atoms with van der Waals surface area (Å²) in [5.74, 6) is 0.0367. The van der Waals surface area contributed by atoms with E-state index in [0.717, 1.165) is 24.1 Å². The number of rotatable bonds is 4. The maximum atomic E-state index is 12.9. The second-order valence-corrected chi connectivity index (χ2v) is 6.06. The van der Waals surface area contributed by atoms with E-state index in [0.29, 0.717) is 13.2 Å². The van der Waals surface area contributed by atoms with Crippen LogP contribution in [0.5, 0.6) is 0 Å². The minimum atomic E-state index is -0.326. The number of pyridine rings is 1. The highest BCUT2D eigenvalue weighted by atomic mass is 16.5. The Morgan fingerprint density at radius 2 is 2.17 bits per heavy atom. The van der Waals surface area contributed by atoms with Crippen molar-refractivity contribution in [1.82, 2.24) is 4.98 Å². The maximum Gasteiger partial charge on any atom is 0.256 e. The van der Waals surface area contributed by atoms with Gasteiger partial charge in [0.15, 0.2) is 0 Å². The van der Waals surface area contributed by atoms with Crippen LogP contribution in [0.3, 0.4) is 0 Å². The predicted octanol–water partition coefficient (Wildman–Crippen LogP) is 3.41. The van der Waals surface area contributed by atoms with Gasteiger partial charge in [0.25, 0.3) is 5.91 Å². The van der Waals surface area contributed by atoms with Gasteiger partial charge in [-0.1, -0.05) is 12.1 Å². The zero-order valence-corrected chi connectivity index (χ0v) is 13.7. The fourth-order valence-electron chi connectivity index (χ4n) is 2.81. The van der Waals surface area contributed by atoms with Gasteiger partial charge >= 0.3 is 0 Å². The van der Waals surface area contributed by atoms with Crippen LogP contribution in [-0.2, 0) is 16.1 Å². The molecule has 120 valence electrons. The molecule has 1 aliphatic heterocycles. The van der Waals surface area contributed by atoms with Crippen LogP contribution < -0.4 is 4.90 Å². The molecular formula is C19H22N2O2. The number of ether oxygens (including phenoxy) is 1. The van der Waals surface area contributed by atoms with E-state index in [1.807, 2.05) is 23.1 Å². The van der Waals surface area contributed by atoms with Crippen LogP contribution in [0.1, 0.15) is 29.5 Å². The van der Waals surface area contributed by atoms with Gasteiger partial charge in [-0.15, -0.1) is 0 Å². The van der Waals surface area contributed by atoms with Crippen molar-refractivity contribution < 1.29 is 9.53 Å². The first-order valence-electron chi connectivity index (χ1n) is 8.04. The molecule has 0 bridgehead atoms. The first-order valence-corrected chi connectivity index (χ1v) is 8.04. The second kappa shape index (κ2) is 6.92. The summed E-state index contributed by atoms with van der Waals surface area (Å²) < 4.78 is 5.60. The number of anilines is 1. The van der Waals surface area contributed by atoms with Crippen LogP contribution in [0.2, 0.25) is 0 Å². The molecule has 4 heteroatoms. The van der Waals surface area contributed by atoms with E-state index in [1.165, 1.54) is 11.1 Å². The molecule has 1 atom stereocenters. The molecule has 1 amide bonds. The third kappa shape index (κ3) is 3.59. The molecule has 0 spiro atoms. The van der Waals surface area contributed by atoms with E-state index in [1.54, 1.807) is 12.4 Å². The molecule has 3 rings (SSSR count). The zero-order chi connectivity index (χ0) is 16.2. The van der Waals surface area contributed by atoms with E-state index in [4.69, 9.17) is 4.74 Å². The van der Waals surface area contributed by atoms with Gasteiger partial charge in [0.05, 0.1) is 6.54 Å². The van der Waals surface area contributed by atoms with Crippen molar-refractivity contribution in [1.29, 1.82) is 0 Å². The van der Waals surface area contributed by atoms with Crippen molar-refractivity contribution >= 4 is 11.6 Å². The minimum Gasteiger partial charge on any atom is -0.368 e. The van der Waals surface area contributed by atoms with Gasteiger partial charge < -0.3 is 9.64 Å². The van der Waals surface area contributed by atoms with Crippen molar-refractivity contribution in [3.63, 3.8) is 0 Å². The van der Waals surface area contributed by atoms with Crippen molar-refractivity contribution in [2.45, 2.75) is 39.3 Å². The third-order valence-corrected chi connectivity index (χ3v) is 4.34. The average molecular weight is 310 g/mol. The molecule has 0 aliphatic carbocycles. The Kier molecular flexibility index (Phi) is 4.72. The molecule has 1 aromatic heterocycles. The molecule has 0 radical (unpaired) electrons. The van der Waals surface area contributed by atoms with Crippen LogP contribution in [0.4, 0.5) is 5.69 Å². The number of carbonyl (C=O) groups is 1. The summed E-state index contributed by atoms with van der Waals surface area (Å²) in [6, 6.07) is 10.0. The highest BCUT2D eigenvalue weighted by Crippen LogP contribution is 2.24. The molecule has 2 heterocycles. The van der Waals surface area contributed by atoms with Gasteiger partial charge in [-0.05, 0) is 61.6 Å². The normalized spacial score (nSPS) is 17.2. The zero-order valence-electron chi connectivity index (χ0n) is 13.7. The molecule has 4 nitrogen and oxygen atoms in total. The summed E-state index contributed by atoms with van der Waals surface area (Å²) in [5.41, 5.74) is 4.33. The standard InChI is InChI=1S/C19H22N2O2/c1-14-7-8-17(11-15(14)2)21(13-16-5-3-9-20-12-16)19(22)18-6-4-10-23-18/h3,5,7-9,11-12,18H,4,6,10,13H2,1-2H3. The van der Waals surface area contributed by atoms with Gasteiger partial charge in [-0.3, -0.25) is 9.78 Å². The lowest BCUT2D eigenvalue weighted by atomic mass is 10.1. The van der Waals surface area contributed by atoms with E-state index < -0.39 is 0 Å². The highest BCUT2D eigenvalue weighted by Gasteiger charge is 2.29. The Bertz CT molecular complexity index is 679. The number of nitrogens with zero attached hydrogens (tertiary/aromatic N) is 2. The molecule has 1 aromatic carbocycles. The number of aryl methyl sites for hydroxylation is 2. The monoisotopic (exact) mass is 310 g/mol. The Balaban J connectivity index is 1.91. The van der Waals surface area contributed by atoms with Crippen molar-refractivity contribution in [3.8, 4) is 0 Å². The molecule has 2 aromatic rings. The molecule has 0 N–H and O–H groups in total. The first kappa shape index (κ1) is 15.7. The number of benzene rings is 1. The maximum absolute atomic E-state index is 12.9. The van der Waals surface area contributed by atoms with Crippen LogP contribution in [-0.4, -0.2) is 23.6 Å². The summed E-state index contributed by atoms with van der Waals surface area (Å²) in [6.45, 7) is 5.32. The van der Waals surface area contributed by atoms with Crippen molar-refractivity contribution in [3.05, 3.63) is 59.4 Å². The van der Waals surface area contributed by atoms with Crippen molar-refractivity contribution in [2.24, 2.45) is 0 Å². The third-order valence-electron chi connectivity index (χ3n) is 4.34. The fraction of sp³-hybridized carbons (Fsp3) is 0.368. The van der Waals surface area contributed by atoms with E-state index in [-0.39, 0.29) is 12.0 Å². The van der Waals surface area contributed by atoms with Crippen molar-refractivity contribution in [2.75, 3.05) is 11.5 Å². The number of amides is 1. The SMILES string of the molecule is Cc1ccc(N(Cc2cccnc2)C(=O)C2CCCO2)cc1C. The quantitative estimate of drug-likeness (QED) is 0.869. The summed E-state index contributed by atoms with van der Waals surface area (Å²) in [7, 11) is 0. The molecule has 1 fully saturated rings. The fourth-order valence-corrected chi connectivity index (χ4v) is 2.81. The topological polar surface area (TPSA) is 42.4 Å². The summed E-state index contributed by atoms with van der Waals surface area (Å²) >= 11 is 0. The van der Waals surface area contributed by atoms with Crippen LogP contribution in [0.15, 0.2) is 42.7 Å². The van der Waals surface area contributed by atoms with Crippen LogP contribution >= 0.6 is 0 Å².